The van der Waals surface area contributed by atoms with Crippen LogP contribution in [0.5, 0.6) is 5.75 Å². The van der Waals surface area contributed by atoms with Crippen molar-refractivity contribution in [2.24, 2.45) is 0 Å². The van der Waals surface area contributed by atoms with E-state index >= 15 is 0 Å². The maximum absolute atomic E-state index is 12.8. The van der Waals surface area contributed by atoms with E-state index in [-0.39, 0.29) is 5.91 Å². The fourth-order valence-corrected chi connectivity index (χ4v) is 3.37. The lowest BCUT2D eigenvalue weighted by atomic mass is 10.1. The highest BCUT2D eigenvalue weighted by Crippen LogP contribution is 2.15. The second kappa shape index (κ2) is 9.39. The van der Waals surface area contributed by atoms with Gasteiger partial charge in [0.2, 0.25) is 0 Å². The van der Waals surface area contributed by atoms with Crippen LogP contribution in [0.3, 0.4) is 0 Å². The molecule has 1 aliphatic heterocycles. The summed E-state index contributed by atoms with van der Waals surface area (Å²) in [4.78, 5) is 17.2. The van der Waals surface area contributed by atoms with Crippen molar-refractivity contribution in [2.45, 2.75) is 19.8 Å². The molecular formula is C22H28N2O2. The molecule has 1 fully saturated rings. The van der Waals surface area contributed by atoms with Crippen LogP contribution >= 0.6 is 0 Å². The normalized spacial score (nSPS) is 15.5. The van der Waals surface area contributed by atoms with Crippen LogP contribution < -0.4 is 4.74 Å². The number of benzene rings is 2. The zero-order valence-electron chi connectivity index (χ0n) is 15.6. The van der Waals surface area contributed by atoms with E-state index in [0.717, 1.165) is 56.9 Å². The summed E-state index contributed by atoms with van der Waals surface area (Å²) in [6.07, 6.45) is 2.09. The predicted molar refractivity (Wildman–Crippen MR) is 105 cm³/mol. The Labute approximate surface area is 156 Å². The van der Waals surface area contributed by atoms with E-state index in [1.807, 2.05) is 36.1 Å². The Kier molecular flexibility index (Phi) is 6.67. The summed E-state index contributed by atoms with van der Waals surface area (Å²) in [6, 6.07) is 18.1. The first-order valence-electron chi connectivity index (χ1n) is 9.54. The minimum atomic E-state index is 0.123. The van der Waals surface area contributed by atoms with Crippen LogP contribution in [0.1, 0.15) is 29.3 Å². The van der Waals surface area contributed by atoms with Gasteiger partial charge in [-0.25, -0.2) is 0 Å². The van der Waals surface area contributed by atoms with Crippen molar-refractivity contribution in [2.75, 3.05) is 39.3 Å². The highest BCUT2D eigenvalue weighted by atomic mass is 16.5. The molecule has 26 heavy (non-hydrogen) atoms. The van der Waals surface area contributed by atoms with Crippen molar-refractivity contribution >= 4 is 5.91 Å². The highest BCUT2D eigenvalue weighted by Gasteiger charge is 2.20. The fourth-order valence-electron chi connectivity index (χ4n) is 3.37. The van der Waals surface area contributed by atoms with Gasteiger partial charge in [-0.05, 0) is 56.1 Å². The van der Waals surface area contributed by atoms with Crippen molar-refractivity contribution in [1.29, 1.82) is 0 Å². The van der Waals surface area contributed by atoms with Gasteiger partial charge in [0.25, 0.3) is 5.91 Å². The van der Waals surface area contributed by atoms with Gasteiger partial charge in [0, 0.05) is 31.7 Å². The van der Waals surface area contributed by atoms with E-state index in [1.54, 1.807) is 0 Å². The summed E-state index contributed by atoms with van der Waals surface area (Å²) < 4.78 is 5.45. The molecule has 3 rings (SSSR count). The van der Waals surface area contributed by atoms with Crippen LogP contribution in [-0.4, -0.2) is 55.0 Å². The van der Waals surface area contributed by atoms with Crippen LogP contribution in [0.25, 0.3) is 0 Å². The van der Waals surface area contributed by atoms with Crippen molar-refractivity contribution in [3.05, 3.63) is 65.7 Å². The number of carbonyl (C=O) groups excluding carboxylic acids is 1. The summed E-state index contributed by atoms with van der Waals surface area (Å²) in [5.41, 5.74) is 2.12. The van der Waals surface area contributed by atoms with E-state index in [1.165, 1.54) is 5.56 Å². The molecule has 0 unspecified atom stereocenters. The smallest absolute Gasteiger partial charge is 0.253 e. The standard InChI is InChI=1S/C22H28N2O2/c1-2-26-21-11-9-20(10-12-21)22(25)24-15-6-14-23(17-18-24)16-13-19-7-4-3-5-8-19/h3-5,7-12H,2,6,13-18H2,1H3. The molecule has 2 aromatic carbocycles. The second-order valence-electron chi connectivity index (χ2n) is 6.68. The first kappa shape index (κ1) is 18.5. The number of rotatable bonds is 6. The molecule has 4 nitrogen and oxygen atoms in total. The van der Waals surface area contributed by atoms with Crippen LogP contribution in [-0.2, 0) is 6.42 Å². The minimum absolute atomic E-state index is 0.123. The van der Waals surface area contributed by atoms with Gasteiger partial charge in [0.15, 0.2) is 0 Å². The number of nitrogens with zero attached hydrogens (tertiary/aromatic N) is 2. The van der Waals surface area contributed by atoms with E-state index in [0.29, 0.717) is 6.61 Å². The third-order valence-corrected chi connectivity index (χ3v) is 4.85. The molecule has 1 heterocycles. The molecule has 0 aromatic heterocycles. The third-order valence-electron chi connectivity index (χ3n) is 4.85. The summed E-state index contributed by atoms with van der Waals surface area (Å²) in [5.74, 6) is 0.935. The molecule has 1 saturated heterocycles. The molecule has 0 saturated carbocycles. The Morgan fingerprint density at radius 2 is 1.73 bits per heavy atom. The fraction of sp³-hybridized carbons (Fsp3) is 0.409. The summed E-state index contributed by atoms with van der Waals surface area (Å²) in [6.45, 7) is 7.26. The molecular weight excluding hydrogens is 324 g/mol. The van der Waals surface area contributed by atoms with Crippen LogP contribution in [0, 0.1) is 0 Å². The maximum Gasteiger partial charge on any atom is 0.253 e. The van der Waals surface area contributed by atoms with Gasteiger partial charge in [0.05, 0.1) is 6.61 Å². The zero-order chi connectivity index (χ0) is 18.2. The molecule has 1 aliphatic rings. The zero-order valence-corrected chi connectivity index (χ0v) is 15.6. The van der Waals surface area contributed by atoms with Gasteiger partial charge >= 0.3 is 0 Å². The van der Waals surface area contributed by atoms with Crippen LogP contribution in [0.2, 0.25) is 0 Å². The number of carbonyl (C=O) groups is 1. The third kappa shape index (κ3) is 5.09. The average molecular weight is 352 g/mol. The number of amides is 1. The summed E-state index contributed by atoms with van der Waals surface area (Å²) in [5, 5.41) is 0. The van der Waals surface area contributed by atoms with Gasteiger partial charge < -0.3 is 14.5 Å². The largest absolute Gasteiger partial charge is 0.494 e. The molecule has 0 bridgehead atoms. The quantitative estimate of drug-likeness (QED) is 0.798. The molecule has 138 valence electrons. The molecule has 0 atom stereocenters. The van der Waals surface area contributed by atoms with Gasteiger partial charge in [-0.3, -0.25) is 4.79 Å². The van der Waals surface area contributed by atoms with Crippen LogP contribution in [0.15, 0.2) is 54.6 Å². The predicted octanol–water partition coefficient (Wildman–Crippen LogP) is 3.48. The lowest BCUT2D eigenvalue weighted by molar-refractivity contribution is 0.0761. The van der Waals surface area contributed by atoms with Gasteiger partial charge in [-0.2, -0.15) is 0 Å². The van der Waals surface area contributed by atoms with E-state index in [2.05, 4.69) is 35.2 Å². The SMILES string of the molecule is CCOc1ccc(C(=O)N2CCCN(CCc3ccccc3)CC2)cc1. The summed E-state index contributed by atoms with van der Waals surface area (Å²) in [7, 11) is 0. The first-order chi connectivity index (χ1) is 12.8. The molecule has 0 N–H and O–H groups in total. The van der Waals surface area contributed by atoms with Crippen molar-refractivity contribution in [1.82, 2.24) is 9.80 Å². The van der Waals surface area contributed by atoms with Gasteiger partial charge in [0.1, 0.15) is 5.75 Å². The Morgan fingerprint density at radius 3 is 2.46 bits per heavy atom. The Bertz CT molecular complexity index is 685. The molecule has 0 aliphatic carbocycles. The molecule has 4 heteroatoms. The highest BCUT2D eigenvalue weighted by molar-refractivity contribution is 5.94. The lowest BCUT2D eigenvalue weighted by Gasteiger charge is -2.22. The van der Waals surface area contributed by atoms with E-state index < -0.39 is 0 Å². The number of hydrogen-bond acceptors (Lipinski definition) is 3. The topological polar surface area (TPSA) is 32.8 Å². The molecule has 2 aromatic rings. The minimum Gasteiger partial charge on any atom is -0.494 e. The van der Waals surface area contributed by atoms with Crippen molar-refractivity contribution < 1.29 is 9.53 Å². The van der Waals surface area contributed by atoms with Crippen molar-refractivity contribution in [3.8, 4) is 5.75 Å². The van der Waals surface area contributed by atoms with E-state index in [9.17, 15) is 4.79 Å². The lowest BCUT2D eigenvalue weighted by Crippen LogP contribution is -2.35. The number of hydrogen-bond donors (Lipinski definition) is 0. The monoisotopic (exact) mass is 352 g/mol. The van der Waals surface area contributed by atoms with Crippen molar-refractivity contribution in [3.63, 3.8) is 0 Å². The van der Waals surface area contributed by atoms with Gasteiger partial charge in [-0.15, -0.1) is 0 Å². The molecule has 0 spiro atoms. The first-order valence-corrected chi connectivity index (χ1v) is 9.54. The van der Waals surface area contributed by atoms with Crippen LogP contribution in [0.4, 0.5) is 0 Å². The Hall–Kier alpha value is -2.33. The maximum atomic E-state index is 12.8. The van der Waals surface area contributed by atoms with Gasteiger partial charge in [-0.1, -0.05) is 30.3 Å². The average Bonchev–Trinajstić information content (AvgIpc) is 2.93. The molecule has 0 radical (unpaired) electrons. The molecule has 1 amide bonds. The second-order valence-corrected chi connectivity index (χ2v) is 6.68. The van der Waals surface area contributed by atoms with E-state index in [4.69, 9.17) is 4.74 Å². The Morgan fingerprint density at radius 1 is 0.962 bits per heavy atom. The Balaban J connectivity index is 1.51. The summed E-state index contributed by atoms with van der Waals surface area (Å²) >= 11 is 0. The number of ether oxygens (including phenoxy) is 1.